The smallest absolute Gasteiger partial charge is 0.338 e. The topological polar surface area (TPSA) is 90.9 Å². The molecule has 1 aliphatic heterocycles. The Hall–Kier alpha value is -2.57. The zero-order chi connectivity index (χ0) is 16.1. The van der Waals surface area contributed by atoms with Crippen LogP contribution in [0.15, 0.2) is 18.2 Å². The van der Waals surface area contributed by atoms with Crippen LogP contribution in [0, 0.1) is 0 Å². The Bertz CT molecular complexity index is 598. The van der Waals surface area contributed by atoms with E-state index in [9.17, 15) is 14.4 Å². The summed E-state index contributed by atoms with van der Waals surface area (Å²) in [6, 6.07) is 4.57. The number of hydrogen-bond donors (Lipinski definition) is 1. The minimum absolute atomic E-state index is 0.168. The molecule has 7 nitrogen and oxygen atoms in total. The van der Waals surface area contributed by atoms with Crippen LogP contribution < -0.4 is 10.1 Å². The Kier molecular flexibility index (Phi) is 4.98. The average Bonchev–Trinajstić information content (AvgIpc) is 2.48. The molecule has 1 atom stereocenters. The van der Waals surface area contributed by atoms with Crippen LogP contribution >= 0.6 is 0 Å². The molecule has 0 bridgehead atoms. The molecule has 2 rings (SSSR count). The number of benzene rings is 1. The third kappa shape index (κ3) is 3.55. The van der Waals surface area contributed by atoms with E-state index in [1.54, 1.807) is 19.9 Å². The van der Waals surface area contributed by atoms with Gasteiger partial charge in [-0.25, -0.2) is 4.79 Å². The van der Waals surface area contributed by atoms with Crippen LogP contribution in [0.2, 0.25) is 0 Å². The van der Waals surface area contributed by atoms with Gasteiger partial charge in [0, 0.05) is 0 Å². The van der Waals surface area contributed by atoms with Gasteiger partial charge in [-0.15, -0.1) is 0 Å². The number of amides is 1. The number of rotatable bonds is 5. The van der Waals surface area contributed by atoms with Gasteiger partial charge >= 0.3 is 11.9 Å². The van der Waals surface area contributed by atoms with Crippen molar-refractivity contribution in [2.24, 2.45) is 0 Å². The molecule has 118 valence electrons. The van der Waals surface area contributed by atoms with Crippen molar-refractivity contribution in [1.29, 1.82) is 0 Å². The Balaban J connectivity index is 2.12. The van der Waals surface area contributed by atoms with Gasteiger partial charge in [0.15, 0.2) is 6.10 Å². The fourth-order valence-electron chi connectivity index (χ4n) is 2.00. The molecule has 0 saturated carbocycles. The molecule has 0 aliphatic carbocycles. The van der Waals surface area contributed by atoms with Crippen molar-refractivity contribution in [2.75, 3.05) is 18.5 Å². The summed E-state index contributed by atoms with van der Waals surface area (Å²) in [6.45, 7) is 3.90. The lowest BCUT2D eigenvalue weighted by atomic mass is 10.1. The Morgan fingerprint density at radius 1 is 1.23 bits per heavy atom. The van der Waals surface area contributed by atoms with E-state index in [0.29, 0.717) is 17.0 Å². The molecule has 0 spiro atoms. The highest BCUT2D eigenvalue weighted by molar-refractivity contribution is 6.01. The van der Waals surface area contributed by atoms with Crippen molar-refractivity contribution in [2.45, 2.75) is 26.4 Å². The van der Waals surface area contributed by atoms with Crippen molar-refractivity contribution in [3.05, 3.63) is 23.8 Å². The number of fused-ring (bicyclic) bond motifs is 1. The van der Waals surface area contributed by atoms with Crippen LogP contribution in [-0.4, -0.2) is 37.2 Å². The molecule has 0 saturated heterocycles. The number of carbonyl (C=O) groups is 3. The Morgan fingerprint density at radius 2 is 1.95 bits per heavy atom. The molecule has 1 aliphatic rings. The second-order valence-corrected chi connectivity index (χ2v) is 4.54. The van der Waals surface area contributed by atoms with Crippen LogP contribution in [0.3, 0.4) is 0 Å². The van der Waals surface area contributed by atoms with Gasteiger partial charge in [0.2, 0.25) is 0 Å². The standard InChI is InChI=1S/C15H17NO6/c1-3-20-13(17)8-12-14(18)16-10-7-9(15(19)21-4-2)5-6-11(10)22-12/h5-7,12H,3-4,8H2,1-2H3,(H,16,18). The van der Waals surface area contributed by atoms with Crippen LogP contribution in [0.5, 0.6) is 5.75 Å². The average molecular weight is 307 g/mol. The molecule has 1 aromatic carbocycles. The fourth-order valence-corrected chi connectivity index (χ4v) is 2.00. The summed E-state index contributed by atoms with van der Waals surface area (Å²) in [5, 5.41) is 2.62. The van der Waals surface area contributed by atoms with E-state index in [-0.39, 0.29) is 19.6 Å². The molecule has 0 fully saturated rings. The van der Waals surface area contributed by atoms with Crippen molar-refractivity contribution < 1.29 is 28.6 Å². The van der Waals surface area contributed by atoms with Gasteiger partial charge in [0.1, 0.15) is 5.75 Å². The lowest BCUT2D eigenvalue weighted by molar-refractivity contribution is -0.147. The molecule has 1 amide bonds. The zero-order valence-corrected chi connectivity index (χ0v) is 12.4. The summed E-state index contributed by atoms with van der Waals surface area (Å²) in [5.74, 6) is -1.05. The maximum Gasteiger partial charge on any atom is 0.338 e. The lowest BCUT2D eigenvalue weighted by Crippen LogP contribution is -2.39. The van der Waals surface area contributed by atoms with E-state index in [2.05, 4.69) is 5.32 Å². The van der Waals surface area contributed by atoms with Gasteiger partial charge in [-0.3, -0.25) is 9.59 Å². The monoisotopic (exact) mass is 307 g/mol. The summed E-state index contributed by atoms with van der Waals surface area (Å²) in [4.78, 5) is 35.0. The Morgan fingerprint density at radius 3 is 2.64 bits per heavy atom. The minimum atomic E-state index is -0.944. The molecule has 0 radical (unpaired) electrons. The number of hydrogen-bond acceptors (Lipinski definition) is 6. The van der Waals surface area contributed by atoms with Crippen LogP contribution in [0.1, 0.15) is 30.6 Å². The zero-order valence-electron chi connectivity index (χ0n) is 12.4. The maximum atomic E-state index is 11.9. The molecule has 7 heteroatoms. The maximum absolute atomic E-state index is 11.9. The highest BCUT2D eigenvalue weighted by atomic mass is 16.5. The number of carbonyl (C=O) groups excluding carboxylic acids is 3. The van der Waals surface area contributed by atoms with Gasteiger partial charge in [0.05, 0.1) is 30.9 Å². The van der Waals surface area contributed by atoms with Crippen molar-refractivity contribution in [3.63, 3.8) is 0 Å². The Labute approximate surface area is 127 Å². The number of nitrogens with one attached hydrogen (secondary N) is 1. The van der Waals surface area contributed by atoms with Gasteiger partial charge in [-0.1, -0.05) is 0 Å². The first kappa shape index (κ1) is 15.8. The summed E-state index contributed by atoms with van der Waals surface area (Å²) in [7, 11) is 0. The highest BCUT2D eigenvalue weighted by Crippen LogP contribution is 2.31. The molecule has 1 aromatic rings. The summed E-state index contributed by atoms with van der Waals surface area (Å²) < 4.78 is 15.2. The van der Waals surface area contributed by atoms with Gasteiger partial charge in [-0.2, -0.15) is 0 Å². The largest absolute Gasteiger partial charge is 0.478 e. The predicted molar refractivity (Wildman–Crippen MR) is 76.7 cm³/mol. The van der Waals surface area contributed by atoms with Crippen molar-refractivity contribution in [1.82, 2.24) is 0 Å². The molecular formula is C15H17NO6. The second kappa shape index (κ2) is 6.93. The van der Waals surface area contributed by atoms with Crippen molar-refractivity contribution >= 4 is 23.5 Å². The second-order valence-electron chi connectivity index (χ2n) is 4.54. The third-order valence-electron chi connectivity index (χ3n) is 2.97. The lowest BCUT2D eigenvalue weighted by Gasteiger charge is -2.25. The molecule has 1 heterocycles. The first-order valence-corrected chi connectivity index (χ1v) is 6.99. The summed E-state index contributed by atoms with van der Waals surface area (Å²) in [6.07, 6.45) is -1.11. The van der Waals surface area contributed by atoms with Gasteiger partial charge in [-0.05, 0) is 32.0 Å². The number of esters is 2. The van der Waals surface area contributed by atoms with Crippen LogP contribution in [-0.2, 0) is 19.1 Å². The fraction of sp³-hybridized carbons (Fsp3) is 0.400. The molecular weight excluding hydrogens is 290 g/mol. The molecule has 0 aromatic heterocycles. The van der Waals surface area contributed by atoms with Crippen molar-refractivity contribution in [3.8, 4) is 5.75 Å². The summed E-state index contributed by atoms with van der Waals surface area (Å²) >= 11 is 0. The van der Waals surface area contributed by atoms with E-state index < -0.39 is 23.9 Å². The molecule has 1 unspecified atom stereocenters. The first-order chi connectivity index (χ1) is 10.5. The van der Waals surface area contributed by atoms with Gasteiger partial charge in [0.25, 0.3) is 5.91 Å². The van der Waals surface area contributed by atoms with E-state index in [1.807, 2.05) is 0 Å². The molecule has 22 heavy (non-hydrogen) atoms. The summed E-state index contributed by atoms with van der Waals surface area (Å²) in [5.41, 5.74) is 0.684. The van der Waals surface area contributed by atoms with Crippen LogP contribution in [0.25, 0.3) is 0 Å². The highest BCUT2D eigenvalue weighted by Gasteiger charge is 2.30. The quantitative estimate of drug-likeness (QED) is 0.829. The third-order valence-corrected chi connectivity index (χ3v) is 2.97. The van der Waals surface area contributed by atoms with E-state index >= 15 is 0 Å². The normalized spacial score (nSPS) is 16.1. The minimum Gasteiger partial charge on any atom is -0.478 e. The van der Waals surface area contributed by atoms with E-state index in [0.717, 1.165) is 0 Å². The van der Waals surface area contributed by atoms with E-state index in [1.165, 1.54) is 12.1 Å². The van der Waals surface area contributed by atoms with Crippen LogP contribution in [0.4, 0.5) is 5.69 Å². The first-order valence-electron chi connectivity index (χ1n) is 6.99. The number of ether oxygens (including phenoxy) is 3. The van der Waals surface area contributed by atoms with Gasteiger partial charge < -0.3 is 19.5 Å². The SMILES string of the molecule is CCOC(=O)CC1Oc2ccc(C(=O)OCC)cc2NC1=O. The van der Waals surface area contributed by atoms with E-state index in [4.69, 9.17) is 14.2 Å². The predicted octanol–water partition coefficient (Wildman–Crippen LogP) is 1.52. The molecule has 1 N–H and O–H groups in total. The number of anilines is 1.